The van der Waals surface area contributed by atoms with Crippen molar-refractivity contribution >= 4 is 15.8 Å². The van der Waals surface area contributed by atoms with Crippen molar-refractivity contribution in [3.8, 4) is 5.75 Å². The lowest BCUT2D eigenvalue weighted by molar-refractivity contribution is 0.0875. The second-order valence-electron chi connectivity index (χ2n) is 6.51. The molecule has 0 radical (unpaired) electrons. The first-order valence-electron chi connectivity index (χ1n) is 8.69. The standard InChI is InChI=1S/C20H23NO4S/c1-25-19-9-7-17(8-10-19)20(22)18-11-13-21(14-12-18)26(23,24)15-16-5-3-2-4-6-16/h2-10,18H,11-15H2,1H3. The summed E-state index contributed by atoms with van der Waals surface area (Å²) in [6.07, 6.45) is 1.11. The summed E-state index contributed by atoms with van der Waals surface area (Å²) in [6.45, 7) is 0.781. The Morgan fingerprint density at radius 1 is 1.04 bits per heavy atom. The summed E-state index contributed by atoms with van der Waals surface area (Å²) in [5, 5.41) is 0. The van der Waals surface area contributed by atoms with Crippen LogP contribution in [0.5, 0.6) is 5.75 Å². The molecule has 0 spiro atoms. The van der Waals surface area contributed by atoms with E-state index in [0.29, 0.717) is 37.2 Å². The second kappa shape index (κ2) is 8.01. The molecule has 138 valence electrons. The summed E-state index contributed by atoms with van der Waals surface area (Å²) in [5.41, 5.74) is 1.43. The summed E-state index contributed by atoms with van der Waals surface area (Å²) >= 11 is 0. The summed E-state index contributed by atoms with van der Waals surface area (Å²) in [6, 6.07) is 16.2. The molecule has 2 aromatic rings. The van der Waals surface area contributed by atoms with E-state index in [1.165, 1.54) is 4.31 Å². The van der Waals surface area contributed by atoms with Crippen molar-refractivity contribution in [2.24, 2.45) is 5.92 Å². The van der Waals surface area contributed by atoms with Gasteiger partial charge in [-0.2, -0.15) is 0 Å². The van der Waals surface area contributed by atoms with Crippen molar-refractivity contribution in [1.29, 1.82) is 0 Å². The molecule has 0 aliphatic carbocycles. The van der Waals surface area contributed by atoms with E-state index in [1.807, 2.05) is 30.3 Å². The van der Waals surface area contributed by atoms with E-state index in [-0.39, 0.29) is 17.5 Å². The Hall–Kier alpha value is -2.18. The third-order valence-corrected chi connectivity index (χ3v) is 6.63. The lowest BCUT2D eigenvalue weighted by atomic mass is 9.89. The van der Waals surface area contributed by atoms with Crippen LogP contribution in [-0.4, -0.2) is 38.7 Å². The van der Waals surface area contributed by atoms with Gasteiger partial charge >= 0.3 is 0 Å². The number of ether oxygens (including phenoxy) is 1. The van der Waals surface area contributed by atoms with E-state index in [9.17, 15) is 13.2 Å². The molecule has 6 heteroatoms. The van der Waals surface area contributed by atoms with Crippen LogP contribution in [0.25, 0.3) is 0 Å². The van der Waals surface area contributed by atoms with Crippen LogP contribution in [0.3, 0.4) is 0 Å². The molecule has 1 aliphatic rings. The Balaban J connectivity index is 1.60. The molecule has 1 heterocycles. The Labute approximate surface area is 154 Å². The number of sulfonamides is 1. The fourth-order valence-electron chi connectivity index (χ4n) is 3.26. The number of nitrogens with zero attached hydrogens (tertiary/aromatic N) is 1. The van der Waals surface area contributed by atoms with Crippen LogP contribution in [0.4, 0.5) is 0 Å². The summed E-state index contributed by atoms with van der Waals surface area (Å²) in [7, 11) is -1.77. The largest absolute Gasteiger partial charge is 0.497 e. The number of rotatable bonds is 6. The van der Waals surface area contributed by atoms with E-state index in [2.05, 4.69) is 0 Å². The Bertz CT molecular complexity index is 839. The fraction of sp³-hybridized carbons (Fsp3) is 0.350. The van der Waals surface area contributed by atoms with Crippen molar-refractivity contribution in [3.05, 3.63) is 65.7 Å². The number of hydrogen-bond donors (Lipinski definition) is 0. The van der Waals surface area contributed by atoms with E-state index in [1.54, 1.807) is 31.4 Å². The van der Waals surface area contributed by atoms with E-state index in [0.717, 1.165) is 5.56 Å². The van der Waals surface area contributed by atoms with Crippen LogP contribution in [0, 0.1) is 5.92 Å². The van der Waals surface area contributed by atoms with Crippen molar-refractivity contribution in [3.63, 3.8) is 0 Å². The SMILES string of the molecule is COc1ccc(C(=O)C2CCN(S(=O)(=O)Cc3ccccc3)CC2)cc1. The van der Waals surface area contributed by atoms with Crippen molar-refractivity contribution < 1.29 is 17.9 Å². The number of carbonyl (C=O) groups excluding carboxylic acids is 1. The zero-order chi connectivity index (χ0) is 18.6. The fourth-order valence-corrected chi connectivity index (χ4v) is 4.83. The summed E-state index contributed by atoms with van der Waals surface area (Å²) < 4.78 is 31.8. The molecule has 26 heavy (non-hydrogen) atoms. The molecule has 0 unspecified atom stereocenters. The Kier molecular flexibility index (Phi) is 5.74. The number of benzene rings is 2. The average Bonchev–Trinajstić information content (AvgIpc) is 2.68. The number of methoxy groups -OCH3 is 1. The van der Waals surface area contributed by atoms with Gasteiger partial charge in [-0.3, -0.25) is 4.79 Å². The molecule has 0 N–H and O–H groups in total. The smallest absolute Gasteiger partial charge is 0.218 e. The van der Waals surface area contributed by atoms with E-state index >= 15 is 0 Å². The topological polar surface area (TPSA) is 63.7 Å². The zero-order valence-corrected chi connectivity index (χ0v) is 15.6. The molecule has 0 saturated carbocycles. The Morgan fingerprint density at radius 3 is 2.23 bits per heavy atom. The van der Waals surface area contributed by atoms with Gasteiger partial charge in [0, 0.05) is 24.6 Å². The number of carbonyl (C=O) groups is 1. The molecular weight excluding hydrogens is 350 g/mol. The van der Waals surface area contributed by atoms with Crippen LogP contribution in [-0.2, 0) is 15.8 Å². The van der Waals surface area contributed by atoms with Gasteiger partial charge < -0.3 is 4.74 Å². The first kappa shape index (κ1) is 18.6. The normalized spacial score (nSPS) is 16.3. The van der Waals surface area contributed by atoms with Crippen molar-refractivity contribution in [2.75, 3.05) is 20.2 Å². The zero-order valence-electron chi connectivity index (χ0n) is 14.8. The summed E-state index contributed by atoms with van der Waals surface area (Å²) in [5.74, 6) is 0.660. The minimum atomic E-state index is -3.35. The molecule has 3 rings (SSSR count). The highest BCUT2D eigenvalue weighted by Gasteiger charge is 2.31. The van der Waals surface area contributed by atoms with Crippen LogP contribution in [0.1, 0.15) is 28.8 Å². The molecule has 0 aromatic heterocycles. The third-order valence-electron chi connectivity index (χ3n) is 4.78. The second-order valence-corrected chi connectivity index (χ2v) is 8.48. The first-order chi connectivity index (χ1) is 12.5. The minimum absolute atomic E-state index is 0.00489. The molecule has 1 aliphatic heterocycles. The van der Waals surface area contributed by atoms with Crippen LogP contribution in [0.15, 0.2) is 54.6 Å². The molecule has 0 bridgehead atoms. The van der Waals surface area contributed by atoms with Crippen LogP contribution >= 0.6 is 0 Å². The third kappa shape index (κ3) is 4.31. The van der Waals surface area contributed by atoms with Gasteiger partial charge in [0.2, 0.25) is 10.0 Å². The molecule has 0 atom stereocenters. The van der Waals surface area contributed by atoms with Crippen LogP contribution in [0.2, 0.25) is 0 Å². The van der Waals surface area contributed by atoms with Gasteiger partial charge in [-0.05, 0) is 42.7 Å². The predicted molar refractivity (Wildman–Crippen MR) is 101 cm³/mol. The van der Waals surface area contributed by atoms with Crippen LogP contribution < -0.4 is 4.74 Å². The monoisotopic (exact) mass is 373 g/mol. The molecule has 2 aromatic carbocycles. The van der Waals surface area contributed by atoms with Crippen molar-refractivity contribution in [2.45, 2.75) is 18.6 Å². The Morgan fingerprint density at radius 2 is 1.65 bits per heavy atom. The summed E-state index contributed by atoms with van der Waals surface area (Å²) in [4.78, 5) is 12.6. The van der Waals surface area contributed by atoms with E-state index < -0.39 is 10.0 Å². The van der Waals surface area contributed by atoms with Gasteiger partial charge in [0.25, 0.3) is 0 Å². The first-order valence-corrected chi connectivity index (χ1v) is 10.3. The highest BCUT2D eigenvalue weighted by molar-refractivity contribution is 7.88. The number of ketones is 1. The maximum absolute atomic E-state index is 12.6. The van der Waals surface area contributed by atoms with Crippen molar-refractivity contribution in [1.82, 2.24) is 4.31 Å². The highest BCUT2D eigenvalue weighted by Crippen LogP contribution is 2.25. The number of piperidine rings is 1. The van der Waals surface area contributed by atoms with Gasteiger partial charge in [-0.25, -0.2) is 12.7 Å². The molecule has 1 fully saturated rings. The van der Waals surface area contributed by atoms with Gasteiger partial charge in [0.05, 0.1) is 12.9 Å². The molecule has 1 saturated heterocycles. The predicted octanol–water partition coefficient (Wildman–Crippen LogP) is 3.12. The average molecular weight is 373 g/mol. The lowest BCUT2D eigenvalue weighted by Gasteiger charge is -2.30. The highest BCUT2D eigenvalue weighted by atomic mass is 32.2. The number of Topliss-reactive ketones (excluding diaryl/α,β-unsaturated/α-hetero) is 1. The lowest BCUT2D eigenvalue weighted by Crippen LogP contribution is -2.40. The van der Waals surface area contributed by atoms with Gasteiger partial charge in [0.1, 0.15) is 5.75 Å². The maximum atomic E-state index is 12.6. The van der Waals surface area contributed by atoms with E-state index in [4.69, 9.17) is 4.74 Å². The van der Waals surface area contributed by atoms with Gasteiger partial charge in [0.15, 0.2) is 5.78 Å². The molecular formula is C20H23NO4S. The quantitative estimate of drug-likeness (QED) is 0.730. The maximum Gasteiger partial charge on any atom is 0.218 e. The minimum Gasteiger partial charge on any atom is -0.497 e. The molecule has 5 nitrogen and oxygen atoms in total. The number of hydrogen-bond acceptors (Lipinski definition) is 4. The van der Waals surface area contributed by atoms with Gasteiger partial charge in [-0.15, -0.1) is 0 Å². The van der Waals surface area contributed by atoms with Gasteiger partial charge in [-0.1, -0.05) is 30.3 Å². The molecule has 0 amide bonds.